The minimum absolute atomic E-state index is 0.0270. The van der Waals surface area contributed by atoms with Crippen LogP contribution in [0.1, 0.15) is 26.3 Å². The second kappa shape index (κ2) is 8.73. The molecule has 3 rings (SSSR count). The van der Waals surface area contributed by atoms with E-state index in [2.05, 4.69) is 0 Å². The molecule has 1 aromatic rings. The number of morpholine rings is 1. The Morgan fingerprint density at radius 1 is 1.07 bits per heavy atom. The maximum Gasteiger partial charge on any atom is 0.245 e. The number of benzene rings is 1. The molecular formula is C21H29N3O4. The van der Waals surface area contributed by atoms with E-state index in [1.165, 1.54) is 4.90 Å². The highest BCUT2D eigenvalue weighted by Crippen LogP contribution is 2.16. The number of hydrogen-bond acceptors (Lipinski definition) is 4. The van der Waals surface area contributed by atoms with Crippen LogP contribution in [-0.4, -0.2) is 83.4 Å². The molecule has 0 unspecified atom stereocenters. The molecule has 2 aliphatic heterocycles. The third-order valence-electron chi connectivity index (χ3n) is 5.37. The van der Waals surface area contributed by atoms with Gasteiger partial charge in [-0.1, -0.05) is 30.3 Å². The van der Waals surface area contributed by atoms with Crippen LogP contribution in [0.15, 0.2) is 30.3 Å². The largest absolute Gasteiger partial charge is 0.372 e. The zero-order chi connectivity index (χ0) is 20.3. The SMILES string of the molecule is C[C@@H]1CN(C(=O)CN2C(=O)CN(CCc3ccccc3)C(=O)[C@H]2C)C[C@H](C)O1. The molecule has 1 aromatic carbocycles. The number of piperazine rings is 1. The normalized spacial score (nSPS) is 26.0. The van der Waals surface area contributed by atoms with E-state index in [4.69, 9.17) is 4.74 Å². The summed E-state index contributed by atoms with van der Waals surface area (Å²) in [7, 11) is 0. The Labute approximate surface area is 166 Å². The Kier molecular flexibility index (Phi) is 6.34. The lowest BCUT2D eigenvalue weighted by Gasteiger charge is -2.40. The van der Waals surface area contributed by atoms with E-state index in [1.807, 2.05) is 44.2 Å². The van der Waals surface area contributed by atoms with Crippen LogP contribution < -0.4 is 0 Å². The summed E-state index contributed by atoms with van der Waals surface area (Å²) in [5.41, 5.74) is 1.13. The number of carbonyl (C=O) groups excluding carboxylic acids is 3. The highest BCUT2D eigenvalue weighted by Gasteiger charge is 2.38. The quantitative estimate of drug-likeness (QED) is 0.754. The molecule has 0 radical (unpaired) electrons. The van der Waals surface area contributed by atoms with Crippen molar-refractivity contribution in [2.45, 2.75) is 45.4 Å². The van der Waals surface area contributed by atoms with Crippen molar-refractivity contribution in [3.63, 3.8) is 0 Å². The Morgan fingerprint density at radius 2 is 1.71 bits per heavy atom. The van der Waals surface area contributed by atoms with Gasteiger partial charge in [-0.2, -0.15) is 0 Å². The fourth-order valence-corrected chi connectivity index (χ4v) is 3.90. The molecule has 0 aliphatic carbocycles. The van der Waals surface area contributed by atoms with Crippen molar-refractivity contribution in [3.05, 3.63) is 35.9 Å². The molecule has 7 nitrogen and oxygen atoms in total. The third-order valence-corrected chi connectivity index (χ3v) is 5.37. The summed E-state index contributed by atoms with van der Waals surface area (Å²) in [5.74, 6) is -0.414. The molecule has 0 saturated carbocycles. The summed E-state index contributed by atoms with van der Waals surface area (Å²) in [4.78, 5) is 42.8. The predicted octanol–water partition coefficient (Wildman–Crippen LogP) is 0.924. The van der Waals surface area contributed by atoms with Gasteiger partial charge >= 0.3 is 0 Å². The van der Waals surface area contributed by atoms with Crippen LogP contribution in [0, 0.1) is 0 Å². The summed E-state index contributed by atoms with van der Waals surface area (Å²) in [5, 5.41) is 0. The van der Waals surface area contributed by atoms with Crippen LogP contribution in [0.5, 0.6) is 0 Å². The highest BCUT2D eigenvalue weighted by atomic mass is 16.5. The molecule has 2 heterocycles. The van der Waals surface area contributed by atoms with Crippen molar-refractivity contribution in [2.75, 3.05) is 32.7 Å². The average molecular weight is 387 g/mol. The zero-order valence-electron chi connectivity index (χ0n) is 16.8. The van der Waals surface area contributed by atoms with E-state index < -0.39 is 6.04 Å². The van der Waals surface area contributed by atoms with Crippen molar-refractivity contribution >= 4 is 17.7 Å². The van der Waals surface area contributed by atoms with Crippen molar-refractivity contribution in [2.24, 2.45) is 0 Å². The summed E-state index contributed by atoms with van der Waals surface area (Å²) >= 11 is 0. The number of rotatable bonds is 5. The summed E-state index contributed by atoms with van der Waals surface area (Å²) in [6, 6.07) is 9.26. The van der Waals surface area contributed by atoms with E-state index in [1.54, 1.807) is 16.7 Å². The Hall–Kier alpha value is -2.41. The third kappa shape index (κ3) is 4.70. The second-order valence-electron chi connectivity index (χ2n) is 7.75. The molecule has 3 atom stereocenters. The maximum atomic E-state index is 12.8. The molecule has 152 valence electrons. The zero-order valence-corrected chi connectivity index (χ0v) is 16.8. The first-order valence-corrected chi connectivity index (χ1v) is 9.90. The Morgan fingerprint density at radius 3 is 2.36 bits per heavy atom. The van der Waals surface area contributed by atoms with E-state index in [0.29, 0.717) is 26.1 Å². The fourth-order valence-electron chi connectivity index (χ4n) is 3.90. The van der Waals surface area contributed by atoms with Gasteiger partial charge in [-0.15, -0.1) is 0 Å². The van der Waals surface area contributed by atoms with Crippen LogP contribution in [-0.2, 0) is 25.5 Å². The first-order chi connectivity index (χ1) is 13.3. The van der Waals surface area contributed by atoms with Crippen molar-refractivity contribution < 1.29 is 19.1 Å². The molecule has 2 fully saturated rings. The average Bonchev–Trinajstić information content (AvgIpc) is 2.67. The van der Waals surface area contributed by atoms with Gasteiger partial charge in [-0.25, -0.2) is 0 Å². The van der Waals surface area contributed by atoms with E-state index in [9.17, 15) is 14.4 Å². The predicted molar refractivity (Wildman–Crippen MR) is 104 cm³/mol. The Balaban J connectivity index is 1.58. The topological polar surface area (TPSA) is 70.2 Å². The molecule has 0 bridgehead atoms. The standard InChI is InChI=1S/C21H29N3O4/c1-15-11-23(12-16(2)28-15)19(25)14-24-17(3)21(27)22(13-20(24)26)10-9-18-7-5-4-6-8-18/h4-8,15-17H,9-14H2,1-3H3/t15-,16+,17-/m1/s1. The monoisotopic (exact) mass is 387 g/mol. The van der Waals surface area contributed by atoms with Gasteiger partial charge in [0.05, 0.1) is 18.8 Å². The minimum Gasteiger partial charge on any atom is -0.372 e. The Bertz CT molecular complexity index is 714. The number of ether oxygens (including phenoxy) is 1. The summed E-state index contributed by atoms with van der Waals surface area (Å²) in [6.07, 6.45) is 0.643. The van der Waals surface area contributed by atoms with E-state index in [0.717, 1.165) is 5.56 Å². The van der Waals surface area contributed by atoms with Crippen molar-refractivity contribution in [1.82, 2.24) is 14.7 Å². The molecule has 2 aliphatic rings. The molecule has 28 heavy (non-hydrogen) atoms. The van der Waals surface area contributed by atoms with Gasteiger partial charge in [0.15, 0.2) is 0 Å². The van der Waals surface area contributed by atoms with Crippen LogP contribution in [0.25, 0.3) is 0 Å². The second-order valence-corrected chi connectivity index (χ2v) is 7.75. The van der Waals surface area contributed by atoms with Gasteiger partial charge in [0.2, 0.25) is 17.7 Å². The van der Waals surface area contributed by atoms with Crippen LogP contribution >= 0.6 is 0 Å². The van der Waals surface area contributed by atoms with Crippen LogP contribution in [0.2, 0.25) is 0 Å². The number of hydrogen-bond donors (Lipinski definition) is 0. The number of nitrogens with zero attached hydrogens (tertiary/aromatic N) is 3. The molecule has 0 spiro atoms. The minimum atomic E-state index is -0.628. The first-order valence-electron chi connectivity index (χ1n) is 9.90. The summed E-state index contributed by atoms with van der Waals surface area (Å²) < 4.78 is 5.66. The first kappa shape index (κ1) is 20.3. The van der Waals surface area contributed by atoms with Gasteiger partial charge in [0.25, 0.3) is 0 Å². The molecule has 2 saturated heterocycles. The van der Waals surface area contributed by atoms with Crippen molar-refractivity contribution in [3.8, 4) is 0 Å². The molecule has 7 heteroatoms. The smallest absolute Gasteiger partial charge is 0.245 e. The number of amides is 3. The lowest BCUT2D eigenvalue weighted by Crippen LogP contribution is -2.61. The number of carbonyl (C=O) groups is 3. The molecule has 3 amide bonds. The lowest BCUT2D eigenvalue weighted by atomic mass is 10.1. The van der Waals surface area contributed by atoms with Gasteiger partial charge in [0.1, 0.15) is 12.6 Å². The molecule has 0 aromatic heterocycles. The van der Waals surface area contributed by atoms with Crippen molar-refractivity contribution in [1.29, 1.82) is 0 Å². The van der Waals surface area contributed by atoms with Crippen LogP contribution in [0.4, 0.5) is 0 Å². The van der Waals surface area contributed by atoms with Gasteiger partial charge < -0.3 is 19.4 Å². The maximum absolute atomic E-state index is 12.8. The lowest BCUT2D eigenvalue weighted by molar-refractivity contribution is -0.159. The van der Waals surface area contributed by atoms with Crippen LogP contribution in [0.3, 0.4) is 0 Å². The summed E-state index contributed by atoms with van der Waals surface area (Å²) in [6.45, 7) is 7.05. The van der Waals surface area contributed by atoms with Gasteiger partial charge in [0, 0.05) is 19.6 Å². The molecular weight excluding hydrogens is 358 g/mol. The van der Waals surface area contributed by atoms with E-state index in [-0.39, 0.29) is 43.0 Å². The van der Waals surface area contributed by atoms with E-state index >= 15 is 0 Å². The van der Waals surface area contributed by atoms with Gasteiger partial charge in [-0.05, 0) is 32.8 Å². The molecule has 0 N–H and O–H groups in total. The van der Waals surface area contributed by atoms with Gasteiger partial charge in [-0.3, -0.25) is 14.4 Å². The highest BCUT2D eigenvalue weighted by molar-refractivity contribution is 5.96. The fraction of sp³-hybridized carbons (Fsp3) is 0.571.